The third kappa shape index (κ3) is 4.46. The summed E-state index contributed by atoms with van der Waals surface area (Å²) in [7, 11) is 0. The lowest BCUT2D eigenvalue weighted by Gasteiger charge is -2.19. The molecule has 1 aliphatic heterocycles. The summed E-state index contributed by atoms with van der Waals surface area (Å²) in [5.41, 5.74) is 4.58. The van der Waals surface area contributed by atoms with Crippen molar-refractivity contribution in [2.24, 2.45) is 5.73 Å². The maximum atomic E-state index is 12.7. The van der Waals surface area contributed by atoms with Gasteiger partial charge < -0.3 is 16.4 Å². The molecule has 1 fully saturated rings. The van der Waals surface area contributed by atoms with E-state index in [0.717, 1.165) is 12.1 Å². The van der Waals surface area contributed by atoms with Crippen molar-refractivity contribution in [3.63, 3.8) is 0 Å². The highest BCUT2D eigenvalue weighted by Crippen LogP contribution is 2.29. The van der Waals surface area contributed by atoms with Gasteiger partial charge in [-0.3, -0.25) is 14.4 Å². The zero-order valence-electron chi connectivity index (χ0n) is 12.5. The molecule has 24 heavy (non-hydrogen) atoms. The van der Waals surface area contributed by atoms with Crippen LogP contribution in [0.3, 0.4) is 0 Å². The highest BCUT2D eigenvalue weighted by atomic mass is 19.4. The number of carbonyl (C=O) groups is 3. The van der Waals surface area contributed by atoms with Gasteiger partial charge in [0.1, 0.15) is 12.1 Å². The maximum Gasteiger partial charge on any atom is 0.416 e. The largest absolute Gasteiger partial charge is 0.416 e. The van der Waals surface area contributed by atoms with Gasteiger partial charge in [-0.2, -0.15) is 13.2 Å². The van der Waals surface area contributed by atoms with E-state index in [9.17, 15) is 27.6 Å². The van der Waals surface area contributed by atoms with Crippen LogP contribution >= 0.6 is 0 Å². The summed E-state index contributed by atoms with van der Waals surface area (Å²) >= 11 is 0. The second-order valence-electron chi connectivity index (χ2n) is 5.52. The molecule has 1 heterocycles. The summed E-state index contributed by atoms with van der Waals surface area (Å²) in [6.07, 6.45) is -4.19. The Kier molecular flexibility index (Phi) is 5.10. The molecule has 0 bridgehead atoms. The third-order valence-corrected chi connectivity index (χ3v) is 3.67. The first-order valence-corrected chi connectivity index (χ1v) is 7.22. The fourth-order valence-corrected chi connectivity index (χ4v) is 2.42. The van der Waals surface area contributed by atoms with E-state index in [0.29, 0.717) is 6.42 Å². The normalized spacial score (nSPS) is 18.8. The lowest BCUT2D eigenvalue weighted by atomic mass is 10.0. The fourth-order valence-electron chi connectivity index (χ4n) is 2.42. The second kappa shape index (κ2) is 6.90. The van der Waals surface area contributed by atoms with Crippen LogP contribution in [0.15, 0.2) is 24.3 Å². The lowest BCUT2D eigenvalue weighted by molar-refractivity contribution is -0.137. The highest BCUT2D eigenvalue weighted by Gasteiger charge is 2.32. The molecule has 0 radical (unpaired) electrons. The van der Waals surface area contributed by atoms with Gasteiger partial charge in [0.15, 0.2) is 0 Å². The smallest absolute Gasteiger partial charge is 0.368 e. The van der Waals surface area contributed by atoms with Gasteiger partial charge in [-0.15, -0.1) is 0 Å². The van der Waals surface area contributed by atoms with Crippen molar-refractivity contribution in [1.82, 2.24) is 10.6 Å². The Morgan fingerprint density at radius 3 is 2.62 bits per heavy atom. The van der Waals surface area contributed by atoms with Crippen LogP contribution in [0.2, 0.25) is 0 Å². The van der Waals surface area contributed by atoms with Gasteiger partial charge in [-0.05, 0) is 18.1 Å². The second-order valence-corrected chi connectivity index (χ2v) is 5.52. The van der Waals surface area contributed by atoms with Crippen molar-refractivity contribution in [3.05, 3.63) is 35.4 Å². The molecule has 2 atom stereocenters. The van der Waals surface area contributed by atoms with Crippen LogP contribution in [0.25, 0.3) is 0 Å². The van der Waals surface area contributed by atoms with Gasteiger partial charge in [0.05, 0.1) is 5.56 Å². The highest BCUT2D eigenvalue weighted by molar-refractivity contribution is 5.93. The van der Waals surface area contributed by atoms with Crippen molar-refractivity contribution in [1.29, 1.82) is 0 Å². The Morgan fingerprint density at radius 1 is 1.38 bits per heavy atom. The topological polar surface area (TPSA) is 101 Å². The zero-order chi connectivity index (χ0) is 17.9. The van der Waals surface area contributed by atoms with Gasteiger partial charge in [-0.25, -0.2) is 0 Å². The molecule has 9 heteroatoms. The van der Waals surface area contributed by atoms with Crippen LogP contribution in [0.4, 0.5) is 13.2 Å². The lowest BCUT2D eigenvalue weighted by Crippen LogP contribution is -2.51. The number of alkyl halides is 3. The number of hydrogen-bond donors (Lipinski definition) is 3. The number of hydrogen-bond acceptors (Lipinski definition) is 3. The van der Waals surface area contributed by atoms with E-state index in [1.807, 2.05) is 0 Å². The average Bonchev–Trinajstić information content (AvgIpc) is 2.92. The number of amides is 3. The van der Waals surface area contributed by atoms with Gasteiger partial charge in [0.25, 0.3) is 0 Å². The predicted octanol–water partition coefficient (Wildman–Crippen LogP) is 0.497. The summed E-state index contributed by atoms with van der Waals surface area (Å²) < 4.78 is 38.1. The van der Waals surface area contributed by atoms with Gasteiger partial charge in [0.2, 0.25) is 17.7 Å². The molecule has 4 N–H and O–H groups in total. The van der Waals surface area contributed by atoms with E-state index < -0.39 is 35.6 Å². The molecule has 2 rings (SSSR count). The Balaban J connectivity index is 2.07. The number of halogens is 3. The number of carbonyl (C=O) groups excluding carboxylic acids is 3. The molecule has 6 nitrogen and oxygen atoms in total. The van der Waals surface area contributed by atoms with Crippen LogP contribution in [-0.4, -0.2) is 29.8 Å². The molecule has 130 valence electrons. The molecule has 1 aromatic rings. The summed E-state index contributed by atoms with van der Waals surface area (Å²) in [6, 6.07) is 2.51. The molecule has 0 saturated carbocycles. The van der Waals surface area contributed by atoms with Crippen molar-refractivity contribution < 1.29 is 27.6 Å². The molecule has 3 amide bonds. The molecule has 0 unspecified atom stereocenters. The summed E-state index contributed by atoms with van der Waals surface area (Å²) in [4.78, 5) is 34.6. The van der Waals surface area contributed by atoms with Crippen molar-refractivity contribution in [3.8, 4) is 0 Å². The van der Waals surface area contributed by atoms with Crippen molar-refractivity contribution in [2.45, 2.75) is 37.5 Å². The number of nitrogens with one attached hydrogen (secondary N) is 2. The first kappa shape index (κ1) is 17.8. The van der Waals surface area contributed by atoms with E-state index in [1.165, 1.54) is 12.1 Å². The minimum absolute atomic E-state index is 0.175. The van der Waals surface area contributed by atoms with Gasteiger partial charge >= 0.3 is 6.18 Å². The van der Waals surface area contributed by atoms with Crippen LogP contribution in [-0.2, 0) is 27.0 Å². The number of nitrogens with two attached hydrogens (primary N) is 1. The molecule has 1 aromatic carbocycles. The summed E-state index contributed by atoms with van der Waals surface area (Å²) in [5, 5.41) is 4.82. The van der Waals surface area contributed by atoms with E-state index in [4.69, 9.17) is 5.73 Å². The van der Waals surface area contributed by atoms with E-state index in [2.05, 4.69) is 10.6 Å². The number of benzene rings is 1. The molecule has 0 aliphatic carbocycles. The van der Waals surface area contributed by atoms with Gasteiger partial charge in [0, 0.05) is 12.8 Å². The molecule has 0 spiro atoms. The first-order chi connectivity index (χ1) is 11.2. The number of primary amides is 1. The van der Waals surface area contributed by atoms with E-state index >= 15 is 0 Å². The Bertz CT molecular complexity index is 661. The van der Waals surface area contributed by atoms with E-state index in [-0.39, 0.29) is 24.3 Å². The van der Waals surface area contributed by atoms with Crippen molar-refractivity contribution in [2.75, 3.05) is 0 Å². The Hall–Kier alpha value is -2.58. The summed E-state index contributed by atoms with van der Waals surface area (Å²) in [5.74, 6) is -1.73. The molecular weight excluding hydrogens is 327 g/mol. The predicted molar refractivity (Wildman–Crippen MR) is 77.4 cm³/mol. The van der Waals surface area contributed by atoms with Gasteiger partial charge in [-0.1, -0.05) is 18.2 Å². The maximum absolute atomic E-state index is 12.7. The quantitative estimate of drug-likeness (QED) is 0.725. The van der Waals surface area contributed by atoms with E-state index in [1.54, 1.807) is 0 Å². The van der Waals surface area contributed by atoms with Crippen LogP contribution in [0, 0.1) is 0 Å². The zero-order valence-corrected chi connectivity index (χ0v) is 12.5. The Morgan fingerprint density at radius 2 is 2.08 bits per heavy atom. The average molecular weight is 343 g/mol. The standard InChI is InChI=1S/C15H16F3N3O3/c16-15(17,18)9-3-1-2-8(6-9)7-11(13(19)23)21-14(24)10-4-5-12(22)20-10/h1-3,6,10-11H,4-5,7H2,(H2,19,23)(H,20,22)(H,21,24)/t10-,11+/m1/s1. The van der Waals surface area contributed by atoms with Crippen LogP contribution < -0.4 is 16.4 Å². The Labute approximate surface area is 135 Å². The molecular formula is C15H16F3N3O3. The van der Waals surface area contributed by atoms with Crippen LogP contribution in [0.5, 0.6) is 0 Å². The molecule has 1 aliphatic rings. The summed E-state index contributed by atoms with van der Waals surface area (Å²) in [6.45, 7) is 0. The minimum Gasteiger partial charge on any atom is -0.368 e. The van der Waals surface area contributed by atoms with Crippen molar-refractivity contribution >= 4 is 17.7 Å². The SMILES string of the molecule is NC(=O)[C@H](Cc1cccc(C(F)(F)F)c1)NC(=O)[C@H]1CCC(=O)N1. The number of rotatable bonds is 5. The molecule has 0 aromatic heterocycles. The van der Waals surface area contributed by atoms with Crippen LogP contribution in [0.1, 0.15) is 24.0 Å². The third-order valence-electron chi connectivity index (χ3n) is 3.67. The first-order valence-electron chi connectivity index (χ1n) is 7.22. The fraction of sp³-hybridized carbons (Fsp3) is 0.400. The minimum atomic E-state index is -4.50. The molecule has 1 saturated heterocycles. The monoisotopic (exact) mass is 343 g/mol.